The minimum atomic E-state index is 0.114. The molecule has 0 radical (unpaired) electrons. The highest BCUT2D eigenvalue weighted by Gasteiger charge is 2.24. The summed E-state index contributed by atoms with van der Waals surface area (Å²) >= 11 is 3.49. The fraction of sp³-hybridized carbons (Fsp3) is 0.462. The number of hydrogen-bond donors (Lipinski definition) is 2. The average molecular weight is 311 g/mol. The van der Waals surface area contributed by atoms with E-state index in [1.165, 1.54) is 0 Å². The van der Waals surface area contributed by atoms with Gasteiger partial charge in [-0.15, -0.1) is 0 Å². The first-order chi connectivity index (χ1) is 8.50. The van der Waals surface area contributed by atoms with E-state index in [-0.39, 0.29) is 5.84 Å². The van der Waals surface area contributed by atoms with Gasteiger partial charge in [0.15, 0.2) is 0 Å². The second kappa shape index (κ2) is 5.28. The highest BCUT2D eigenvalue weighted by atomic mass is 79.9. The quantitative estimate of drug-likeness (QED) is 0.648. The van der Waals surface area contributed by atoms with Gasteiger partial charge in [-0.25, -0.2) is 0 Å². The Labute approximate surface area is 116 Å². The van der Waals surface area contributed by atoms with E-state index in [1.54, 1.807) is 0 Å². The first kappa shape index (κ1) is 13.4. The molecule has 0 saturated carbocycles. The summed E-state index contributed by atoms with van der Waals surface area (Å²) in [6.07, 6.45) is 0. The van der Waals surface area contributed by atoms with Crippen LogP contribution in [0.1, 0.15) is 12.5 Å². The van der Waals surface area contributed by atoms with Crippen LogP contribution < -0.4 is 10.6 Å². The summed E-state index contributed by atoms with van der Waals surface area (Å²) in [7, 11) is 2.14. The van der Waals surface area contributed by atoms with Gasteiger partial charge in [-0.05, 0) is 42.0 Å². The number of rotatable bonds is 2. The average Bonchev–Trinajstić information content (AvgIpc) is 2.28. The van der Waals surface area contributed by atoms with Crippen molar-refractivity contribution < 1.29 is 0 Å². The molecule has 5 heteroatoms. The van der Waals surface area contributed by atoms with E-state index in [0.717, 1.165) is 35.4 Å². The van der Waals surface area contributed by atoms with Crippen LogP contribution in [0.15, 0.2) is 22.7 Å². The van der Waals surface area contributed by atoms with Crippen LogP contribution in [0.5, 0.6) is 0 Å². The van der Waals surface area contributed by atoms with E-state index >= 15 is 0 Å². The van der Waals surface area contributed by atoms with Crippen LogP contribution in [0, 0.1) is 5.41 Å². The third kappa shape index (κ3) is 2.52. The van der Waals surface area contributed by atoms with E-state index in [2.05, 4.69) is 39.7 Å². The molecule has 98 valence electrons. The molecule has 1 atom stereocenters. The van der Waals surface area contributed by atoms with Gasteiger partial charge in [0.1, 0.15) is 5.84 Å². The molecule has 0 amide bonds. The number of nitrogens with zero attached hydrogens (tertiary/aromatic N) is 2. The lowest BCUT2D eigenvalue weighted by Crippen LogP contribution is -2.51. The molecule has 1 saturated heterocycles. The molecule has 1 heterocycles. The van der Waals surface area contributed by atoms with Crippen molar-refractivity contribution in [1.29, 1.82) is 5.41 Å². The van der Waals surface area contributed by atoms with E-state index < -0.39 is 0 Å². The van der Waals surface area contributed by atoms with Crippen molar-refractivity contribution in [1.82, 2.24) is 4.90 Å². The molecule has 2 rings (SSSR count). The second-order valence-corrected chi connectivity index (χ2v) is 5.71. The third-order valence-corrected chi connectivity index (χ3v) is 4.06. The van der Waals surface area contributed by atoms with Crippen molar-refractivity contribution in [2.24, 2.45) is 5.73 Å². The van der Waals surface area contributed by atoms with Crippen LogP contribution in [0.3, 0.4) is 0 Å². The summed E-state index contributed by atoms with van der Waals surface area (Å²) in [4.78, 5) is 4.66. The van der Waals surface area contributed by atoms with Gasteiger partial charge < -0.3 is 15.5 Å². The molecule has 4 nitrogen and oxygen atoms in total. The number of anilines is 1. The Morgan fingerprint density at radius 1 is 1.44 bits per heavy atom. The molecule has 1 aliphatic heterocycles. The normalized spacial score (nSPS) is 21.1. The topological polar surface area (TPSA) is 56.4 Å². The lowest BCUT2D eigenvalue weighted by Gasteiger charge is -2.40. The largest absolute Gasteiger partial charge is 0.384 e. The van der Waals surface area contributed by atoms with Crippen molar-refractivity contribution >= 4 is 27.5 Å². The molecular formula is C13H19BrN4. The molecular weight excluding hydrogens is 292 g/mol. The Balaban J connectivity index is 2.39. The summed E-state index contributed by atoms with van der Waals surface area (Å²) in [5.74, 6) is 0.114. The van der Waals surface area contributed by atoms with E-state index in [0.29, 0.717) is 6.04 Å². The number of likely N-dealkylation sites (N-methyl/N-ethyl adjacent to an activating group) is 1. The Bertz CT molecular complexity index is 460. The maximum atomic E-state index is 7.75. The van der Waals surface area contributed by atoms with Crippen LogP contribution in [0.2, 0.25) is 0 Å². The van der Waals surface area contributed by atoms with Crippen molar-refractivity contribution in [3.63, 3.8) is 0 Å². The summed E-state index contributed by atoms with van der Waals surface area (Å²) in [5.41, 5.74) is 7.56. The molecule has 3 N–H and O–H groups in total. The minimum Gasteiger partial charge on any atom is -0.384 e. The summed E-state index contributed by atoms with van der Waals surface area (Å²) in [6.45, 7) is 5.24. The van der Waals surface area contributed by atoms with Crippen molar-refractivity contribution in [2.45, 2.75) is 13.0 Å². The summed E-state index contributed by atoms with van der Waals surface area (Å²) in [6, 6.07) is 6.40. The van der Waals surface area contributed by atoms with Gasteiger partial charge >= 0.3 is 0 Å². The molecule has 0 spiro atoms. The van der Waals surface area contributed by atoms with Gasteiger partial charge in [-0.3, -0.25) is 5.41 Å². The first-order valence-corrected chi connectivity index (χ1v) is 6.88. The van der Waals surface area contributed by atoms with Crippen LogP contribution in [0.4, 0.5) is 5.69 Å². The lowest BCUT2D eigenvalue weighted by molar-refractivity contribution is 0.275. The number of nitrogens with two attached hydrogens (primary N) is 1. The molecule has 0 aliphatic carbocycles. The minimum absolute atomic E-state index is 0.114. The SMILES string of the molecule is CC1CN(C)CCN1c1cccc(Br)c1C(=N)N. The molecule has 1 aliphatic rings. The number of halogens is 1. The molecule has 0 aromatic heterocycles. The van der Waals surface area contributed by atoms with Crippen molar-refractivity contribution in [2.75, 3.05) is 31.6 Å². The third-order valence-electron chi connectivity index (χ3n) is 3.40. The number of nitrogens with one attached hydrogen (secondary N) is 1. The molecule has 1 aromatic rings. The van der Waals surface area contributed by atoms with E-state index in [9.17, 15) is 0 Å². The zero-order chi connectivity index (χ0) is 13.3. The van der Waals surface area contributed by atoms with Crippen molar-refractivity contribution in [3.8, 4) is 0 Å². The number of amidine groups is 1. The highest BCUT2D eigenvalue weighted by molar-refractivity contribution is 9.10. The summed E-state index contributed by atoms with van der Waals surface area (Å²) in [5, 5.41) is 7.75. The van der Waals surface area contributed by atoms with Gasteiger partial charge in [0, 0.05) is 35.8 Å². The Morgan fingerprint density at radius 2 is 2.17 bits per heavy atom. The van der Waals surface area contributed by atoms with Crippen LogP contribution in [0.25, 0.3) is 0 Å². The van der Waals surface area contributed by atoms with Gasteiger partial charge in [-0.2, -0.15) is 0 Å². The van der Waals surface area contributed by atoms with Gasteiger partial charge in [-0.1, -0.05) is 6.07 Å². The zero-order valence-corrected chi connectivity index (χ0v) is 12.4. The molecule has 18 heavy (non-hydrogen) atoms. The van der Waals surface area contributed by atoms with E-state index in [4.69, 9.17) is 11.1 Å². The number of nitrogen functional groups attached to an aromatic ring is 1. The van der Waals surface area contributed by atoms with Gasteiger partial charge in [0.2, 0.25) is 0 Å². The van der Waals surface area contributed by atoms with Crippen molar-refractivity contribution in [3.05, 3.63) is 28.2 Å². The number of hydrogen-bond acceptors (Lipinski definition) is 3. The fourth-order valence-electron chi connectivity index (χ4n) is 2.52. The molecule has 1 unspecified atom stereocenters. The maximum absolute atomic E-state index is 7.75. The van der Waals surface area contributed by atoms with Crippen LogP contribution in [-0.2, 0) is 0 Å². The van der Waals surface area contributed by atoms with Gasteiger partial charge in [0.05, 0.1) is 5.56 Å². The Morgan fingerprint density at radius 3 is 2.78 bits per heavy atom. The van der Waals surface area contributed by atoms with Crippen LogP contribution >= 0.6 is 15.9 Å². The Kier molecular flexibility index (Phi) is 3.92. The smallest absolute Gasteiger partial charge is 0.126 e. The molecule has 1 aromatic carbocycles. The Hall–Kier alpha value is -1.07. The fourth-order valence-corrected chi connectivity index (χ4v) is 3.09. The zero-order valence-electron chi connectivity index (χ0n) is 10.8. The van der Waals surface area contributed by atoms with E-state index in [1.807, 2.05) is 18.2 Å². The number of benzene rings is 1. The highest BCUT2D eigenvalue weighted by Crippen LogP contribution is 2.29. The molecule has 0 bridgehead atoms. The number of piperazine rings is 1. The van der Waals surface area contributed by atoms with Crippen LogP contribution in [-0.4, -0.2) is 43.5 Å². The lowest BCUT2D eigenvalue weighted by atomic mass is 10.1. The monoisotopic (exact) mass is 310 g/mol. The summed E-state index contributed by atoms with van der Waals surface area (Å²) < 4.78 is 0.888. The predicted molar refractivity (Wildman–Crippen MR) is 79.5 cm³/mol. The standard InChI is InChI=1S/C13H19BrN4/c1-9-8-17(2)6-7-18(9)11-5-3-4-10(14)12(11)13(15)16/h3-5,9H,6-8H2,1-2H3,(H3,15,16). The second-order valence-electron chi connectivity index (χ2n) is 4.85. The molecule has 1 fully saturated rings. The maximum Gasteiger partial charge on any atom is 0.126 e. The van der Waals surface area contributed by atoms with Gasteiger partial charge in [0.25, 0.3) is 0 Å². The first-order valence-electron chi connectivity index (χ1n) is 6.08. The predicted octanol–water partition coefficient (Wildman–Crippen LogP) is 1.87.